The maximum Gasteiger partial charge on any atom is 4.00 e. The zero-order valence-electron chi connectivity index (χ0n) is 18.8. The van der Waals surface area contributed by atoms with Crippen LogP contribution in [0.5, 0.6) is 0 Å². The Labute approximate surface area is 163 Å². The molecular weight excluding hydrogens is 332 g/mol. The van der Waals surface area contributed by atoms with Crippen molar-refractivity contribution in [3.8, 4) is 0 Å². The Morgan fingerprint density at radius 2 is 0.360 bits per heavy atom. The van der Waals surface area contributed by atoms with E-state index in [1.807, 2.05) is 55.4 Å². The standard InChI is InChI=1S/4C5H11O.Si/c4*1-4(2)5(3)6;/h4*4-5H,1-3H3;/q4*-1;+4. The Balaban J connectivity index is -0.0000000702. The second-order valence-electron chi connectivity index (χ2n) is 7.80. The largest absolute Gasteiger partial charge is 4.00 e. The SMILES string of the molecule is CC(C)C(C)[O-].CC(C)C(C)[O-].CC(C)C(C)[O-].CC(C)C(C)[O-].[Si+4]. The van der Waals surface area contributed by atoms with Crippen molar-refractivity contribution in [1.82, 2.24) is 0 Å². The van der Waals surface area contributed by atoms with Gasteiger partial charge in [0.05, 0.1) is 0 Å². The maximum atomic E-state index is 10.2. The van der Waals surface area contributed by atoms with E-state index < -0.39 is 24.4 Å². The molecular formula is C20H44O4Si. The summed E-state index contributed by atoms with van der Waals surface area (Å²) in [5.74, 6) is 1.19. The Hall–Kier alpha value is 0.0569. The van der Waals surface area contributed by atoms with Gasteiger partial charge in [0.15, 0.2) is 0 Å². The van der Waals surface area contributed by atoms with Crippen LogP contribution in [0.3, 0.4) is 0 Å². The quantitative estimate of drug-likeness (QED) is 0.689. The van der Waals surface area contributed by atoms with Crippen molar-refractivity contribution in [2.75, 3.05) is 0 Å². The first-order valence-corrected chi connectivity index (χ1v) is 9.20. The van der Waals surface area contributed by atoms with Gasteiger partial charge in [0.25, 0.3) is 0 Å². The fourth-order valence-electron chi connectivity index (χ4n) is 0. The summed E-state index contributed by atoms with van der Waals surface area (Å²) in [6, 6.07) is 0. The maximum absolute atomic E-state index is 10.2. The Morgan fingerprint density at radius 1 is 0.320 bits per heavy atom. The van der Waals surface area contributed by atoms with Crippen molar-refractivity contribution in [3.63, 3.8) is 0 Å². The molecule has 5 heteroatoms. The van der Waals surface area contributed by atoms with Gasteiger partial charge in [-0.15, -0.1) is 24.4 Å². The molecule has 0 heterocycles. The molecule has 4 nitrogen and oxygen atoms in total. The molecule has 0 N–H and O–H groups in total. The van der Waals surface area contributed by atoms with Gasteiger partial charge in [-0.05, 0) is 0 Å². The van der Waals surface area contributed by atoms with Crippen LogP contribution >= 0.6 is 0 Å². The van der Waals surface area contributed by atoms with Crippen LogP contribution in [0.4, 0.5) is 0 Å². The summed E-state index contributed by atoms with van der Waals surface area (Å²) in [7, 11) is 0. The monoisotopic (exact) mass is 376 g/mol. The van der Waals surface area contributed by atoms with E-state index in [0.29, 0.717) is 23.7 Å². The molecule has 0 fully saturated rings. The molecule has 0 saturated carbocycles. The van der Waals surface area contributed by atoms with Gasteiger partial charge >= 0.3 is 11.0 Å². The zero-order valence-corrected chi connectivity index (χ0v) is 19.8. The van der Waals surface area contributed by atoms with Crippen LogP contribution in [0, 0.1) is 23.7 Å². The van der Waals surface area contributed by atoms with E-state index in [1.54, 1.807) is 27.7 Å². The molecule has 0 aliphatic heterocycles. The van der Waals surface area contributed by atoms with Crippen molar-refractivity contribution in [2.45, 2.75) is 108 Å². The third-order valence-corrected chi connectivity index (χ3v) is 3.76. The Bertz CT molecular complexity index is 154. The zero-order chi connectivity index (χ0) is 20.6. The van der Waals surface area contributed by atoms with Crippen LogP contribution in [-0.4, -0.2) is 35.4 Å². The second kappa shape index (κ2) is 22.1. The smallest absolute Gasteiger partial charge is 0.852 e. The van der Waals surface area contributed by atoms with Gasteiger partial charge in [0.2, 0.25) is 0 Å². The van der Waals surface area contributed by atoms with Crippen LogP contribution in [0.15, 0.2) is 0 Å². The molecule has 0 radical (unpaired) electrons. The third-order valence-electron chi connectivity index (χ3n) is 3.76. The molecule has 0 aromatic rings. The molecule has 25 heavy (non-hydrogen) atoms. The summed E-state index contributed by atoms with van der Waals surface area (Å²) in [5, 5.41) is 40.9. The molecule has 0 saturated heterocycles. The number of rotatable bonds is 4. The number of hydrogen-bond donors (Lipinski definition) is 0. The topological polar surface area (TPSA) is 92.2 Å². The van der Waals surface area contributed by atoms with Crippen LogP contribution < -0.4 is 20.4 Å². The first kappa shape index (κ1) is 36.0. The van der Waals surface area contributed by atoms with Crippen molar-refractivity contribution in [3.05, 3.63) is 0 Å². The van der Waals surface area contributed by atoms with E-state index in [9.17, 15) is 20.4 Å². The predicted octanol–water partition coefficient (Wildman–Crippen LogP) is 1.18. The van der Waals surface area contributed by atoms with Gasteiger partial charge in [-0.25, -0.2) is 0 Å². The molecule has 4 unspecified atom stereocenters. The average Bonchev–Trinajstić information content (AvgIpc) is 2.40. The van der Waals surface area contributed by atoms with E-state index in [1.165, 1.54) is 0 Å². The van der Waals surface area contributed by atoms with E-state index in [2.05, 4.69) is 0 Å². The first-order chi connectivity index (χ1) is 10.6. The van der Waals surface area contributed by atoms with Gasteiger partial charge in [0.1, 0.15) is 0 Å². The van der Waals surface area contributed by atoms with Crippen molar-refractivity contribution < 1.29 is 20.4 Å². The van der Waals surface area contributed by atoms with Crippen LogP contribution in [-0.2, 0) is 0 Å². The molecule has 0 bridgehead atoms. The van der Waals surface area contributed by atoms with Crippen LogP contribution in [0.2, 0.25) is 0 Å². The molecule has 0 spiro atoms. The predicted molar refractivity (Wildman–Crippen MR) is 103 cm³/mol. The summed E-state index contributed by atoms with van der Waals surface area (Å²) in [6.07, 6.45) is -1.59. The van der Waals surface area contributed by atoms with Crippen molar-refractivity contribution in [1.29, 1.82) is 0 Å². The van der Waals surface area contributed by atoms with E-state index in [0.717, 1.165) is 0 Å². The average molecular weight is 377 g/mol. The first-order valence-electron chi connectivity index (χ1n) is 9.20. The second-order valence-corrected chi connectivity index (χ2v) is 7.80. The summed E-state index contributed by atoms with van der Waals surface area (Å²) in [5.41, 5.74) is 0. The van der Waals surface area contributed by atoms with Crippen molar-refractivity contribution >= 4 is 11.0 Å². The van der Waals surface area contributed by atoms with E-state index in [4.69, 9.17) is 0 Å². The summed E-state index contributed by atoms with van der Waals surface area (Å²) >= 11 is 0. The molecule has 4 atom stereocenters. The summed E-state index contributed by atoms with van der Waals surface area (Å²) in [4.78, 5) is 0. The molecule has 152 valence electrons. The number of hydrogen-bond acceptors (Lipinski definition) is 4. The molecule has 0 aliphatic rings. The fraction of sp³-hybridized carbons (Fsp3) is 1.00. The van der Waals surface area contributed by atoms with Gasteiger partial charge < -0.3 is 20.4 Å². The summed E-state index contributed by atoms with van der Waals surface area (Å²) < 4.78 is 0. The normalized spacial score (nSPS) is 14.9. The minimum absolute atomic E-state index is 0. The van der Waals surface area contributed by atoms with Crippen LogP contribution in [0.1, 0.15) is 83.1 Å². The van der Waals surface area contributed by atoms with E-state index in [-0.39, 0.29) is 11.0 Å². The third kappa shape index (κ3) is 45.4. The molecule has 0 amide bonds. The minimum atomic E-state index is -0.398. The van der Waals surface area contributed by atoms with Crippen LogP contribution in [0.25, 0.3) is 0 Å². The van der Waals surface area contributed by atoms with Gasteiger partial charge in [-0.2, -0.15) is 0 Å². The van der Waals surface area contributed by atoms with E-state index >= 15 is 0 Å². The summed E-state index contributed by atoms with van der Waals surface area (Å²) in [6.45, 7) is 22.2. The Morgan fingerprint density at radius 3 is 0.360 bits per heavy atom. The molecule has 0 aromatic carbocycles. The Kier molecular flexibility index (Phi) is 31.9. The van der Waals surface area contributed by atoms with Gasteiger partial charge in [-0.1, -0.05) is 107 Å². The van der Waals surface area contributed by atoms with Gasteiger partial charge in [0, 0.05) is 0 Å². The molecule has 0 rings (SSSR count). The fourth-order valence-corrected chi connectivity index (χ4v) is 0. The minimum Gasteiger partial charge on any atom is -0.852 e. The molecule has 0 aromatic heterocycles. The van der Waals surface area contributed by atoms with Gasteiger partial charge in [-0.3, -0.25) is 0 Å². The van der Waals surface area contributed by atoms with Crippen molar-refractivity contribution in [2.24, 2.45) is 23.7 Å². The molecule has 0 aliphatic carbocycles.